The van der Waals surface area contributed by atoms with E-state index in [1.54, 1.807) is 12.3 Å². The third-order valence-corrected chi connectivity index (χ3v) is 4.04. The van der Waals surface area contributed by atoms with Crippen molar-refractivity contribution in [2.75, 3.05) is 25.5 Å². The van der Waals surface area contributed by atoms with Gasteiger partial charge >= 0.3 is 0 Å². The number of carbonyl (C=O) groups excluding carboxylic acids is 1. The number of likely N-dealkylation sites (tertiary alicyclic amines) is 1. The van der Waals surface area contributed by atoms with E-state index in [0.29, 0.717) is 11.6 Å². The van der Waals surface area contributed by atoms with Gasteiger partial charge in [-0.2, -0.15) is 0 Å². The molecule has 2 rings (SSSR count). The van der Waals surface area contributed by atoms with Crippen LogP contribution in [0.4, 0.5) is 5.69 Å². The zero-order valence-electron chi connectivity index (χ0n) is 12.0. The molecule has 1 aliphatic heterocycles. The van der Waals surface area contributed by atoms with Gasteiger partial charge in [-0.1, -0.05) is 13.8 Å². The molecular formula is C15H23N3O. The summed E-state index contributed by atoms with van der Waals surface area (Å²) >= 11 is 0. The molecule has 1 aliphatic rings. The van der Waals surface area contributed by atoms with Crippen LogP contribution in [0.5, 0.6) is 0 Å². The van der Waals surface area contributed by atoms with Crippen molar-refractivity contribution in [1.82, 2.24) is 9.88 Å². The number of aromatic nitrogens is 1. The number of nitrogens with zero attached hydrogens (tertiary/aromatic N) is 2. The van der Waals surface area contributed by atoms with Crippen molar-refractivity contribution in [1.29, 1.82) is 0 Å². The number of rotatable bonds is 3. The minimum Gasteiger partial charge on any atom is -0.387 e. The van der Waals surface area contributed by atoms with Gasteiger partial charge in [-0.25, -0.2) is 4.98 Å². The van der Waals surface area contributed by atoms with Gasteiger partial charge in [0.1, 0.15) is 5.69 Å². The Bertz CT molecular complexity index is 420. The molecule has 0 saturated carbocycles. The Balaban J connectivity index is 1.97. The highest BCUT2D eigenvalue weighted by Crippen LogP contribution is 2.25. The summed E-state index contributed by atoms with van der Waals surface area (Å²) in [4.78, 5) is 18.5. The van der Waals surface area contributed by atoms with Crippen LogP contribution in [0.15, 0.2) is 18.3 Å². The Morgan fingerprint density at radius 1 is 1.37 bits per heavy atom. The second kappa shape index (κ2) is 6.04. The summed E-state index contributed by atoms with van der Waals surface area (Å²) in [5.74, 6) is 1.53. The maximum absolute atomic E-state index is 12.3. The monoisotopic (exact) mass is 261 g/mol. The minimum absolute atomic E-state index is 0.0601. The zero-order chi connectivity index (χ0) is 13.8. The molecule has 0 atom stereocenters. The number of pyridine rings is 1. The van der Waals surface area contributed by atoms with Gasteiger partial charge in [0, 0.05) is 20.1 Å². The molecule has 0 aliphatic carbocycles. The summed E-state index contributed by atoms with van der Waals surface area (Å²) in [6.45, 7) is 6.24. The lowest BCUT2D eigenvalue weighted by Gasteiger charge is -2.33. The van der Waals surface area contributed by atoms with Gasteiger partial charge in [-0.05, 0) is 36.8 Å². The molecule has 1 aromatic heterocycles. The summed E-state index contributed by atoms with van der Waals surface area (Å²) < 4.78 is 0. The quantitative estimate of drug-likeness (QED) is 0.909. The highest BCUT2D eigenvalue weighted by atomic mass is 16.2. The minimum atomic E-state index is 0.0601. The van der Waals surface area contributed by atoms with Gasteiger partial charge < -0.3 is 10.2 Å². The Hall–Kier alpha value is -1.58. The number of amides is 1. The lowest BCUT2D eigenvalue weighted by molar-refractivity contribution is 0.0662. The molecule has 1 N–H and O–H groups in total. The van der Waals surface area contributed by atoms with Crippen molar-refractivity contribution in [3.63, 3.8) is 0 Å². The summed E-state index contributed by atoms with van der Waals surface area (Å²) in [6, 6.07) is 3.68. The smallest absolute Gasteiger partial charge is 0.272 e. The Kier molecular flexibility index (Phi) is 4.40. The fourth-order valence-electron chi connectivity index (χ4n) is 2.60. The third kappa shape index (κ3) is 3.25. The zero-order valence-corrected chi connectivity index (χ0v) is 12.0. The first-order valence-electron chi connectivity index (χ1n) is 7.05. The van der Waals surface area contributed by atoms with Crippen molar-refractivity contribution in [2.24, 2.45) is 11.8 Å². The van der Waals surface area contributed by atoms with E-state index in [2.05, 4.69) is 24.1 Å². The molecule has 19 heavy (non-hydrogen) atoms. The number of hydrogen-bond acceptors (Lipinski definition) is 3. The van der Waals surface area contributed by atoms with Crippen molar-refractivity contribution in [2.45, 2.75) is 26.7 Å². The normalized spacial score (nSPS) is 16.7. The lowest BCUT2D eigenvalue weighted by atomic mass is 9.86. The first-order valence-corrected chi connectivity index (χ1v) is 7.05. The van der Waals surface area contributed by atoms with E-state index in [4.69, 9.17) is 0 Å². The number of nitrogens with one attached hydrogen (secondary N) is 1. The van der Waals surface area contributed by atoms with Gasteiger partial charge in [-0.3, -0.25) is 4.79 Å². The molecule has 0 spiro atoms. The molecule has 0 unspecified atom stereocenters. The van der Waals surface area contributed by atoms with Crippen LogP contribution in [-0.2, 0) is 0 Å². The maximum atomic E-state index is 12.3. The van der Waals surface area contributed by atoms with Gasteiger partial charge in [0.25, 0.3) is 5.91 Å². The Morgan fingerprint density at radius 2 is 2.05 bits per heavy atom. The predicted molar refractivity (Wildman–Crippen MR) is 77.2 cm³/mol. The fraction of sp³-hybridized carbons (Fsp3) is 0.600. The number of carbonyl (C=O) groups is 1. The number of anilines is 1. The standard InChI is InChI=1S/C15H23N3O/c1-11(2)12-6-8-18(9-7-12)15(19)14-5-4-13(16-3)10-17-14/h4-5,10-12,16H,6-9H2,1-3H3. The SMILES string of the molecule is CNc1ccc(C(=O)N2CCC(C(C)C)CC2)nc1. The predicted octanol–water partition coefficient (Wildman–Crippen LogP) is 2.63. The fourth-order valence-corrected chi connectivity index (χ4v) is 2.60. The first-order chi connectivity index (χ1) is 9.11. The summed E-state index contributed by atoms with van der Waals surface area (Å²) in [6.07, 6.45) is 3.92. The van der Waals surface area contributed by atoms with Crippen LogP contribution in [0.25, 0.3) is 0 Å². The Morgan fingerprint density at radius 3 is 2.53 bits per heavy atom. The lowest BCUT2D eigenvalue weighted by Crippen LogP contribution is -2.39. The molecule has 2 heterocycles. The highest BCUT2D eigenvalue weighted by Gasteiger charge is 2.25. The van der Waals surface area contributed by atoms with Crippen LogP contribution in [-0.4, -0.2) is 35.9 Å². The van der Waals surface area contributed by atoms with Crippen LogP contribution in [0.2, 0.25) is 0 Å². The van der Waals surface area contributed by atoms with Crippen LogP contribution >= 0.6 is 0 Å². The third-order valence-electron chi connectivity index (χ3n) is 4.04. The van der Waals surface area contributed by atoms with E-state index >= 15 is 0 Å². The van der Waals surface area contributed by atoms with E-state index in [1.807, 2.05) is 18.0 Å². The average molecular weight is 261 g/mol. The van der Waals surface area contributed by atoms with Crippen molar-refractivity contribution in [3.05, 3.63) is 24.0 Å². The molecule has 0 aromatic carbocycles. The second-order valence-electron chi connectivity index (χ2n) is 5.56. The summed E-state index contributed by atoms with van der Waals surface area (Å²) in [7, 11) is 1.84. The van der Waals surface area contributed by atoms with E-state index in [1.165, 1.54) is 0 Å². The van der Waals surface area contributed by atoms with Gasteiger partial charge in [0.05, 0.1) is 11.9 Å². The molecule has 0 radical (unpaired) electrons. The van der Waals surface area contributed by atoms with Crippen molar-refractivity contribution < 1.29 is 4.79 Å². The number of hydrogen-bond donors (Lipinski definition) is 1. The Labute approximate surface area is 115 Å². The molecule has 1 aromatic rings. The van der Waals surface area contributed by atoms with Gasteiger partial charge in [-0.15, -0.1) is 0 Å². The van der Waals surface area contributed by atoms with Crippen LogP contribution in [0.1, 0.15) is 37.2 Å². The van der Waals surface area contributed by atoms with Crippen molar-refractivity contribution >= 4 is 11.6 Å². The molecular weight excluding hydrogens is 238 g/mol. The molecule has 104 valence electrons. The maximum Gasteiger partial charge on any atom is 0.272 e. The molecule has 1 saturated heterocycles. The van der Waals surface area contributed by atoms with Crippen LogP contribution in [0, 0.1) is 11.8 Å². The molecule has 4 nitrogen and oxygen atoms in total. The highest BCUT2D eigenvalue weighted by molar-refractivity contribution is 5.92. The number of piperidine rings is 1. The van der Waals surface area contributed by atoms with E-state index in [-0.39, 0.29) is 5.91 Å². The topological polar surface area (TPSA) is 45.2 Å². The molecule has 1 fully saturated rings. The van der Waals surface area contributed by atoms with E-state index in [0.717, 1.165) is 37.5 Å². The van der Waals surface area contributed by atoms with Gasteiger partial charge in [0.2, 0.25) is 0 Å². The largest absolute Gasteiger partial charge is 0.387 e. The van der Waals surface area contributed by atoms with Crippen molar-refractivity contribution in [3.8, 4) is 0 Å². The van der Waals surface area contributed by atoms with E-state index < -0.39 is 0 Å². The first kappa shape index (κ1) is 13.8. The summed E-state index contributed by atoms with van der Waals surface area (Å²) in [5.41, 5.74) is 1.47. The van der Waals surface area contributed by atoms with E-state index in [9.17, 15) is 4.79 Å². The second-order valence-corrected chi connectivity index (χ2v) is 5.56. The molecule has 1 amide bonds. The summed E-state index contributed by atoms with van der Waals surface area (Å²) in [5, 5.41) is 3.00. The van der Waals surface area contributed by atoms with Gasteiger partial charge in [0.15, 0.2) is 0 Å². The van der Waals surface area contributed by atoms with Crippen LogP contribution < -0.4 is 5.32 Å². The molecule has 4 heteroatoms. The molecule has 0 bridgehead atoms. The average Bonchev–Trinajstić information content (AvgIpc) is 2.46. The van der Waals surface area contributed by atoms with Crippen LogP contribution in [0.3, 0.4) is 0 Å².